The summed E-state index contributed by atoms with van der Waals surface area (Å²) in [6.45, 7) is 5.52. The Labute approximate surface area is 80.1 Å². The van der Waals surface area contributed by atoms with Crippen molar-refractivity contribution in [1.82, 2.24) is 0 Å². The van der Waals surface area contributed by atoms with E-state index in [2.05, 4.69) is 12.7 Å². The van der Waals surface area contributed by atoms with Gasteiger partial charge in [-0.25, -0.2) is 11.6 Å². The van der Waals surface area contributed by atoms with Gasteiger partial charge in [-0.1, -0.05) is 13.3 Å². The SMILES string of the molecule is C=C1CC(=O)[C-]=C1C.[Y]. The van der Waals surface area contributed by atoms with Crippen molar-refractivity contribution in [3.05, 3.63) is 23.8 Å². The summed E-state index contributed by atoms with van der Waals surface area (Å²) in [4.78, 5) is 10.5. The Morgan fingerprint density at radius 1 is 1.67 bits per heavy atom. The van der Waals surface area contributed by atoms with Crippen molar-refractivity contribution in [3.63, 3.8) is 0 Å². The molecule has 0 saturated carbocycles. The molecule has 0 aromatic rings. The number of Topliss-reactive ketones (excluding diaryl/α,β-unsaturated/α-hetero) is 1. The molecule has 0 aromatic heterocycles. The minimum atomic E-state index is 0. The van der Waals surface area contributed by atoms with E-state index in [1.165, 1.54) is 0 Å². The van der Waals surface area contributed by atoms with Gasteiger partial charge in [0.2, 0.25) is 0 Å². The van der Waals surface area contributed by atoms with Gasteiger partial charge in [-0.2, -0.15) is 12.2 Å². The number of ketones is 1. The fourth-order valence-electron chi connectivity index (χ4n) is 0.668. The second-order valence-corrected chi connectivity index (χ2v) is 1.95. The van der Waals surface area contributed by atoms with Gasteiger partial charge in [0.05, 0.1) is 5.78 Å². The molecule has 0 atom stereocenters. The zero-order valence-electron chi connectivity index (χ0n) is 5.40. The van der Waals surface area contributed by atoms with Gasteiger partial charge in [0.25, 0.3) is 0 Å². The van der Waals surface area contributed by atoms with Crippen LogP contribution >= 0.6 is 0 Å². The topological polar surface area (TPSA) is 17.1 Å². The number of hydrogen-bond donors (Lipinski definition) is 0. The van der Waals surface area contributed by atoms with Gasteiger partial charge >= 0.3 is 0 Å². The number of hydrogen-bond acceptors (Lipinski definition) is 1. The smallest absolute Gasteiger partial charge is 0.0546 e. The van der Waals surface area contributed by atoms with E-state index < -0.39 is 0 Å². The third kappa shape index (κ3) is 2.15. The first kappa shape index (κ1) is 9.25. The standard InChI is InChI=1S/C7H7O.Y/c1-5-3-7(8)4-6(5)2;/h1,3H2,2H3;/q-1;. The molecule has 1 aliphatic carbocycles. The van der Waals surface area contributed by atoms with Crippen molar-refractivity contribution in [2.24, 2.45) is 0 Å². The van der Waals surface area contributed by atoms with E-state index in [1.54, 1.807) is 0 Å². The number of carbonyl (C=O) groups excluding carboxylic acids is 1. The molecule has 45 valence electrons. The third-order valence-electron chi connectivity index (χ3n) is 1.23. The molecular weight excluding hydrogens is 189 g/mol. The minimum Gasteiger partial charge on any atom is -0.318 e. The molecule has 1 rings (SSSR count). The molecule has 2 heteroatoms. The molecule has 0 N–H and O–H groups in total. The minimum absolute atomic E-state index is 0. The van der Waals surface area contributed by atoms with Crippen LogP contribution in [0.15, 0.2) is 17.7 Å². The van der Waals surface area contributed by atoms with Crippen LogP contribution in [-0.4, -0.2) is 5.78 Å². The van der Waals surface area contributed by atoms with E-state index in [0.717, 1.165) is 11.1 Å². The van der Waals surface area contributed by atoms with E-state index in [-0.39, 0.29) is 38.5 Å². The molecule has 0 bridgehead atoms. The predicted octanol–water partition coefficient (Wildman–Crippen LogP) is 1.26. The average molecular weight is 196 g/mol. The summed E-state index contributed by atoms with van der Waals surface area (Å²) in [6.07, 6.45) is 3.12. The Hall–Kier alpha value is 0.254. The van der Waals surface area contributed by atoms with Crippen LogP contribution in [0, 0.1) is 6.08 Å². The van der Waals surface area contributed by atoms with E-state index in [1.807, 2.05) is 6.92 Å². The van der Waals surface area contributed by atoms with Crippen molar-refractivity contribution in [2.75, 3.05) is 0 Å². The summed E-state index contributed by atoms with van der Waals surface area (Å²) in [5, 5.41) is 0. The fourth-order valence-corrected chi connectivity index (χ4v) is 0.668. The van der Waals surface area contributed by atoms with Crippen molar-refractivity contribution >= 4 is 5.78 Å². The number of rotatable bonds is 0. The van der Waals surface area contributed by atoms with E-state index >= 15 is 0 Å². The molecular formula is C7H7OY-. The molecule has 1 radical (unpaired) electrons. The summed E-state index contributed by atoms with van der Waals surface area (Å²) in [6, 6.07) is 0. The molecule has 1 nitrogen and oxygen atoms in total. The molecule has 0 unspecified atom stereocenters. The van der Waals surface area contributed by atoms with Gasteiger partial charge in [-0.3, -0.25) is 0 Å². The number of carbonyl (C=O) groups is 1. The van der Waals surface area contributed by atoms with Crippen molar-refractivity contribution in [3.8, 4) is 0 Å². The van der Waals surface area contributed by atoms with Crippen LogP contribution in [0.5, 0.6) is 0 Å². The van der Waals surface area contributed by atoms with Crippen molar-refractivity contribution in [1.29, 1.82) is 0 Å². The van der Waals surface area contributed by atoms with Gasteiger partial charge in [0, 0.05) is 32.7 Å². The Morgan fingerprint density at radius 3 is 2.33 bits per heavy atom. The largest absolute Gasteiger partial charge is 0.318 e. The second kappa shape index (κ2) is 3.43. The maximum Gasteiger partial charge on any atom is 0.0546 e. The van der Waals surface area contributed by atoms with Gasteiger partial charge in [0.1, 0.15) is 0 Å². The molecule has 9 heavy (non-hydrogen) atoms. The molecule has 0 spiro atoms. The molecule has 0 amide bonds. The molecule has 0 aromatic carbocycles. The molecule has 0 saturated heterocycles. The van der Waals surface area contributed by atoms with Crippen LogP contribution in [-0.2, 0) is 37.5 Å². The van der Waals surface area contributed by atoms with Crippen LogP contribution in [0.2, 0.25) is 0 Å². The molecule has 1 aliphatic rings. The first-order chi connectivity index (χ1) is 3.70. The van der Waals surface area contributed by atoms with Crippen LogP contribution in [0.3, 0.4) is 0 Å². The predicted molar refractivity (Wildman–Crippen MR) is 31.2 cm³/mol. The maximum absolute atomic E-state index is 10.5. The summed E-state index contributed by atoms with van der Waals surface area (Å²) in [7, 11) is 0. The van der Waals surface area contributed by atoms with Crippen LogP contribution in [0.25, 0.3) is 0 Å². The second-order valence-electron chi connectivity index (χ2n) is 1.95. The van der Waals surface area contributed by atoms with Gasteiger partial charge in [0.15, 0.2) is 0 Å². The van der Waals surface area contributed by atoms with Crippen molar-refractivity contribution < 1.29 is 37.5 Å². The van der Waals surface area contributed by atoms with Gasteiger partial charge in [-0.15, -0.1) is 0 Å². The summed E-state index contributed by atoms with van der Waals surface area (Å²) < 4.78 is 0. The van der Waals surface area contributed by atoms with Crippen LogP contribution < -0.4 is 0 Å². The fraction of sp³-hybridized carbons (Fsp3) is 0.286. The normalized spacial score (nSPS) is 17.2. The summed E-state index contributed by atoms with van der Waals surface area (Å²) in [5.41, 5.74) is 1.82. The quantitative estimate of drug-likeness (QED) is 0.533. The Kier molecular flexibility index (Phi) is 3.53. The zero-order chi connectivity index (χ0) is 6.15. The number of allylic oxidation sites excluding steroid dienone is 3. The molecule has 0 heterocycles. The van der Waals surface area contributed by atoms with Gasteiger partial charge in [-0.05, 0) is 0 Å². The maximum atomic E-state index is 10.5. The van der Waals surface area contributed by atoms with E-state index in [9.17, 15) is 4.79 Å². The molecule has 0 fully saturated rings. The van der Waals surface area contributed by atoms with Crippen LogP contribution in [0.4, 0.5) is 0 Å². The molecule has 0 aliphatic heterocycles. The monoisotopic (exact) mass is 196 g/mol. The Bertz CT molecular complexity index is 179. The summed E-state index contributed by atoms with van der Waals surface area (Å²) >= 11 is 0. The Morgan fingerprint density at radius 2 is 2.22 bits per heavy atom. The Balaban J connectivity index is 0.000000640. The average Bonchev–Trinajstić information content (AvgIpc) is 1.85. The van der Waals surface area contributed by atoms with E-state index in [0.29, 0.717) is 6.42 Å². The third-order valence-corrected chi connectivity index (χ3v) is 1.23. The zero-order valence-corrected chi connectivity index (χ0v) is 8.24. The van der Waals surface area contributed by atoms with E-state index in [4.69, 9.17) is 0 Å². The van der Waals surface area contributed by atoms with Crippen LogP contribution in [0.1, 0.15) is 13.3 Å². The summed E-state index contributed by atoms with van der Waals surface area (Å²) in [5.74, 6) is 0.0625. The first-order valence-corrected chi connectivity index (χ1v) is 2.51. The van der Waals surface area contributed by atoms with Gasteiger partial charge < -0.3 is 4.79 Å². The van der Waals surface area contributed by atoms with Crippen molar-refractivity contribution in [2.45, 2.75) is 13.3 Å². The first-order valence-electron chi connectivity index (χ1n) is 2.51.